The summed E-state index contributed by atoms with van der Waals surface area (Å²) >= 11 is 0. The van der Waals surface area contributed by atoms with Crippen molar-refractivity contribution in [1.29, 1.82) is 5.26 Å². The van der Waals surface area contributed by atoms with Gasteiger partial charge in [-0.15, -0.1) is 0 Å². The standard InChI is InChI=1S/C13H16FN3/c1-2-17(12-7-16-8-12)9-11-5-10(6-15)3-4-13(11)14/h3-5,12,16H,2,7-9H2,1H3. The predicted octanol–water partition coefficient (Wildman–Crippen LogP) is 1.49. The van der Waals surface area contributed by atoms with Crippen molar-refractivity contribution in [1.82, 2.24) is 10.2 Å². The molecule has 3 nitrogen and oxygen atoms in total. The minimum absolute atomic E-state index is 0.227. The highest BCUT2D eigenvalue weighted by molar-refractivity contribution is 5.33. The van der Waals surface area contributed by atoms with Crippen LogP contribution in [0.4, 0.5) is 4.39 Å². The van der Waals surface area contributed by atoms with Crippen molar-refractivity contribution in [2.24, 2.45) is 0 Å². The highest BCUT2D eigenvalue weighted by Crippen LogP contribution is 2.15. The number of hydrogen-bond acceptors (Lipinski definition) is 3. The zero-order valence-corrected chi connectivity index (χ0v) is 9.91. The number of nitriles is 1. The first-order valence-corrected chi connectivity index (χ1v) is 5.88. The van der Waals surface area contributed by atoms with Crippen molar-refractivity contribution < 1.29 is 4.39 Å². The maximum absolute atomic E-state index is 13.6. The molecule has 0 saturated carbocycles. The van der Waals surface area contributed by atoms with E-state index >= 15 is 0 Å². The number of nitrogens with zero attached hydrogens (tertiary/aromatic N) is 2. The summed E-state index contributed by atoms with van der Waals surface area (Å²) in [4.78, 5) is 2.23. The van der Waals surface area contributed by atoms with E-state index in [9.17, 15) is 4.39 Å². The van der Waals surface area contributed by atoms with E-state index in [1.807, 2.05) is 6.07 Å². The van der Waals surface area contributed by atoms with Crippen molar-refractivity contribution in [2.45, 2.75) is 19.5 Å². The van der Waals surface area contributed by atoms with E-state index in [-0.39, 0.29) is 5.82 Å². The van der Waals surface area contributed by atoms with Gasteiger partial charge in [-0.05, 0) is 24.7 Å². The molecule has 0 aliphatic carbocycles. The van der Waals surface area contributed by atoms with Gasteiger partial charge in [0, 0.05) is 31.2 Å². The smallest absolute Gasteiger partial charge is 0.127 e. The van der Waals surface area contributed by atoms with Gasteiger partial charge in [-0.25, -0.2) is 4.39 Å². The Labute approximate surface area is 101 Å². The number of benzene rings is 1. The first-order chi connectivity index (χ1) is 8.24. The van der Waals surface area contributed by atoms with E-state index in [2.05, 4.69) is 17.1 Å². The average molecular weight is 233 g/mol. The fourth-order valence-electron chi connectivity index (χ4n) is 2.01. The van der Waals surface area contributed by atoms with Crippen LogP contribution in [0.25, 0.3) is 0 Å². The zero-order chi connectivity index (χ0) is 12.3. The second-order valence-corrected chi connectivity index (χ2v) is 4.29. The molecule has 0 spiro atoms. The van der Waals surface area contributed by atoms with Crippen LogP contribution < -0.4 is 5.32 Å². The summed E-state index contributed by atoms with van der Waals surface area (Å²) in [7, 11) is 0. The lowest BCUT2D eigenvalue weighted by molar-refractivity contribution is 0.143. The summed E-state index contributed by atoms with van der Waals surface area (Å²) in [5.74, 6) is -0.227. The van der Waals surface area contributed by atoms with Crippen LogP contribution in [-0.2, 0) is 6.54 Å². The maximum Gasteiger partial charge on any atom is 0.127 e. The predicted molar refractivity (Wildman–Crippen MR) is 63.9 cm³/mol. The minimum Gasteiger partial charge on any atom is -0.314 e. The largest absolute Gasteiger partial charge is 0.314 e. The van der Waals surface area contributed by atoms with Gasteiger partial charge in [0.25, 0.3) is 0 Å². The van der Waals surface area contributed by atoms with Gasteiger partial charge in [0.05, 0.1) is 11.6 Å². The molecule has 1 N–H and O–H groups in total. The molecule has 0 amide bonds. The van der Waals surface area contributed by atoms with E-state index in [1.54, 1.807) is 6.07 Å². The highest BCUT2D eigenvalue weighted by atomic mass is 19.1. The SMILES string of the molecule is CCN(Cc1cc(C#N)ccc1F)C1CNC1. The first-order valence-electron chi connectivity index (χ1n) is 5.88. The van der Waals surface area contributed by atoms with Gasteiger partial charge < -0.3 is 5.32 Å². The molecule has 1 fully saturated rings. The second kappa shape index (κ2) is 5.26. The Bertz CT molecular complexity index is 435. The summed E-state index contributed by atoms with van der Waals surface area (Å²) in [6, 6.07) is 7.07. The molecule has 0 bridgehead atoms. The Hall–Kier alpha value is -1.44. The van der Waals surface area contributed by atoms with E-state index in [4.69, 9.17) is 5.26 Å². The molecule has 90 valence electrons. The van der Waals surface area contributed by atoms with Crippen LogP contribution in [0.3, 0.4) is 0 Å². The molecule has 1 aromatic carbocycles. The summed E-state index contributed by atoms with van der Waals surface area (Å²) in [6.07, 6.45) is 0. The zero-order valence-electron chi connectivity index (χ0n) is 9.91. The average Bonchev–Trinajstić information content (AvgIpc) is 2.28. The van der Waals surface area contributed by atoms with Crippen molar-refractivity contribution in [3.63, 3.8) is 0 Å². The lowest BCUT2D eigenvalue weighted by atomic mass is 10.1. The third-order valence-corrected chi connectivity index (χ3v) is 3.23. The molecule has 1 aliphatic rings. The molecule has 1 aromatic rings. The van der Waals surface area contributed by atoms with Crippen LogP contribution in [0.2, 0.25) is 0 Å². The second-order valence-electron chi connectivity index (χ2n) is 4.29. The lowest BCUT2D eigenvalue weighted by Crippen LogP contribution is -2.56. The molecular weight excluding hydrogens is 217 g/mol. The van der Waals surface area contributed by atoms with Gasteiger partial charge in [-0.2, -0.15) is 5.26 Å². The van der Waals surface area contributed by atoms with Crippen LogP contribution in [0, 0.1) is 17.1 Å². The number of hydrogen-bond donors (Lipinski definition) is 1. The molecule has 0 radical (unpaired) electrons. The number of rotatable bonds is 4. The molecule has 1 heterocycles. The molecule has 1 aliphatic heterocycles. The molecular formula is C13H16FN3. The Balaban J connectivity index is 2.13. The van der Waals surface area contributed by atoms with Crippen LogP contribution in [0.15, 0.2) is 18.2 Å². The van der Waals surface area contributed by atoms with E-state index in [1.165, 1.54) is 12.1 Å². The third kappa shape index (κ3) is 2.63. The molecule has 17 heavy (non-hydrogen) atoms. The molecule has 2 rings (SSSR count). The quantitative estimate of drug-likeness (QED) is 0.856. The van der Waals surface area contributed by atoms with Crippen molar-refractivity contribution in [3.8, 4) is 6.07 Å². The highest BCUT2D eigenvalue weighted by Gasteiger charge is 2.23. The van der Waals surface area contributed by atoms with Gasteiger partial charge >= 0.3 is 0 Å². The summed E-state index contributed by atoms with van der Waals surface area (Å²) in [5, 5.41) is 12.0. The molecule has 0 atom stereocenters. The van der Waals surface area contributed by atoms with Crippen LogP contribution in [0.1, 0.15) is 18.1 Å². The number of likely N-dealkylation sites (N-methyl/N-ethyl adjacent to an activating group) is 1. The Kier molecular flexibility index (Phi) is 3.72. The lowest BCUT2D eigenvalue weighted by Gasteiger charge is -2.37. The summed E-state index contributed by atoms with van der Waals surface area (Å²) in [5.41, 5.74) is 1.13. The van der Waals surface area contributed by atoms with Gasteiger partial charge in [0.1, 0.15) is 5.82 Å². The Morgan fingerprint density at radius 2 is 2.29 bits per heavy atom. The van der Waals surface area contributed by atoms with Crippen molar-refractivity contribution in [2.75, 3.05) is 19.6 Å². The molecule has 0 aromatic heterocycles. The normalized spacial score (nSPS) is 15.6. The Morgan fingerprint density at radius 1 is 1.53 bits per heavy atom. The fraction of sp³-hybridized carbons (Fsp3) is 0.462. The minimum atomic E-state index is -0.227. The van der Waals surface area contributed by atoms with Gasteiger partial charge in [0.15, 0.2) is 0 Å². The summed E-state index contributed by atoms with van der Waals surface area (Å²) < 4.78 is 13.6. The first kappa shape index (κ1) is 12.0. The van der Waals surface area contributed by atoms with E-state index < -0.39 is 0 Å². The van der Waals surface area contributed by atoms with E-state index in [0.717, 1.165) is 19.6 Å². The molecule has 4 heteroatoms. The van der Waals surface area contributed by atoms with Crippen molar-refractivity contribution >= 4 is 0 Å². The number of halogens is 1. The number of nitrogens with one attached hydrogen (secondary N) is 1. The maximum atomic E-state index is 13.6. The fourth-order valence-corrected chi connectivity index (χ4v) is 2.01. The van der Waals surface area contributed by atoms with Crippen molar-refractivity contribution in [3.05, 3.63) is 35.1 Å². The third-order valence-electron chi connectivity index (χ3n) is 3.23. The molecule has 1 saturated heterocycles. The van der Waals surface area contributed by atoms with Crippen LogP contribution in [0.5, 0.6) is 0 Å². The van der Waals surface area contributed by atoms with Gasteiger partial charge in [-0.1, -0.05) is 6.92 Å². The molecule has 0 unspecified atom stereocenters. The van der Waals surface area contributed by atoms with Crippen LogP contribution in [-0.4, -0.2) is 30.6 Å². The van der Waals surface area contributed by atoms with Crippen LogP contribution >= 0.6 is 0 Å². The monoisotopic (exact) mass is 233 g/mol. The topological polar surface area (TPSA) is 39.1 Å². The van der Waals surface area contributed by atoms with Gasteiger partial charge in [0.2, 0.25) is 0 Å². The van der Waals surface area contributed by atoms with Gasteiger partial charge in [-0.3, -0.25) is 4.90 Å². The summed E-state index contributed by atoms with van der Waals surface area (Å²) in [6.45, 7) is 5.47. The Morgan fingerprint density at radius 3 is 2.82 bits per heavy atom. The van der Waals surface area contributed by atoms with E-state index in [0.29, 0.717) is 23.7 Å².